The maximum absolute atomic E-state index is 12.8. The number of ether oxygens (including phenoxy) is 1. The van der Waals surface area contributed by atoms with E-state index in [0.717, 1.165) is 0 Å². The number of carbonyl (C=O) groups is 2. The molecule has 146 valence electrons. The molecule has 0 saturated carbocycles. The van der Waals surface area contributed by atoms with Crippen LogP contribution in [0.1, 0.15) is 24.2 Å². The van der Waals surface area contributed by atoms with Crippen LogP contribution in [0.3, 0.4) is 0 Å². The SMILES string of the molecule is C=CCN1C(=O)C(C)(C)COc2cc(NC(=O)c3cc(Cl)ccc3Cl)ccc21. The number of hydrogen-bond acceptors (Lipinski definition) is 3. The number of carbonyl (C=O) groups excluding carboxylic acids is 2. The quantitative estimate of drug-likeness (QED) is 0.695. The van der Waals surface area contributed by atoms with E-state index >= 15 is 0 Å². The Bertz CT molecular complexity index is 957. The normalized spacial score (nSPS) is 15.3. The summed E-state index contributed by atoms with van der Waals surface area (Å²) in [5, 5.41) is 3.51. The van der Waals surface area contributed by atoms with Crippen LogP contribution in [0.2, 0.25) is 10.0 Å². The van der Waals surface area contributed by atoms with E-state index in [1.165, 1.54) is 6.07 Å². The molecule has 1 aliphatic rings. The highest BCUT2D eigenvalue weighted by Gasteiger charge is 2.37. The summed E-state index contributed by atoms with van der Waals surface area (Å²) in [6, 6.07) is 9.83. The number of rotatable bonds is 4. The van der Waals surface area contributed by atoms with E-state index in [1.807, 2.05) is 13.8 Å². The Hall–Kier alpha value is -2.50. The first-order chi connectivity index (χ1) is 13.2. The Morgan fingerprint density at radius 3 is 2.75 bits per heavy atom. The van der Waals surface area contributed by atoms with Crippen LogP contribution in [0.15, 0.2) is 49.1 Å². The van der Waals surface area contributed by atoms with E-state index < -0.39 is 5.41 Å². The lowest BCUT2D eigenvalue weighted by molar-refractivity contribution is -0.127. The highest BCUT2D eigenvalue weighted by Crippen LogP contribution is 2.38. The molecule has 28 heavy (non-hydrogen) atoms. The zero-order valence-electron chi connectivity index (χ0n) is 15.6. The molecule has 3 rings (SSSR count). The van der Waals surface area contributed by atoms with Crippen LogP contribution in [-0.2, 0) is 4.79 Å². The second-order valence-corrected chi connectivity index (χ2v) is 7.98. The van der Waals surface area contributed by atoms with Crippen molar-refractivity contribution in [1.82, 2.24) is 0 Å². The minimum Gasteiger partial charge on any atom is -0.490 e. The highest BCUT2D eigenvalue weighted by atomic mass is 35.5. The molecule has 7 heteroatoms. The summed E-state index contributed by atoms with van der Waals surface area (Å²) < 4.78 is 5.89. The number of hydrogen-bond donors (Lipinski definition) is 1. The van der Waals surface area contributed by atoms with Crippen molar-refractivity contribution in [2.45, 2.75) is 13.8 Å². The number of fused-ring (bicyclic) bond motifs is 1. The number of nitrogens with zero attached hydrogens (tertiary/aromatic N) is 1. The lowest BCUT2D eigenvalue weighted by atomic mass is 9.93. The van der Waals surface area contributed by atoms with Gasteiger partial charge in [-0.05, 0) is 44.2 Å². The Kier molecular flexibility index (Phi) is 5.68. The number of anilines is 2. The van der Waals surface area contributed by atoms with Crippen LogP contribution in [-0.4, -0.2) is 25.0 Å². The molecular weight excluding hydrogens is 399 g/mol. The van der Waals surface area contributed by atoms with Gasteiger partial charge in [-0.25, -0.2) is 0 Å². The van der Waals surface area contributed by atoms with Gasteiger partial charge in [0, 0.05) is 23.3 Å². The molecule has 0 aliphatic carbocycles. The Morgan fingerprint density at radius 2 is 2.04 bits per heavy atom. The van der Waals surface area contributed by atoms with E-state index in [-0.39, 0.29) is 24.0 Å². The average molecular weight is 419 g/mol. The molecule has 0 fully saturated rings. The highest BCUT2D eigenvalue weighted by molar-refractivity contribution is 6.36. The molecule has 1 aliphatic heterocycles. The van der Waals surface area contributed by atoms with E-state index in [4.69, 9.17) is 27.9 Å². The third-order valence-corrected chi connectivity index (χ3v) is 4.97. The van der Waals surface area contributed by atoms with E-state index in [1.54, 1.807) is 41.3 Å². The maximum atomic E-state index is 12.8. The topological polar surface area (TPSA) is 58.6 Å². The number of nitrogens with one attached hydrogen (secondary N) is 1. The molecular formula is C21H20Cl2N2O3. The van der Waals surface area contributed by atoms with Crippen molar-refractivity contribution in [2.24, 2.45) is 5.41 Å². The molecule has 0 aromatic heterocycles. The number of amides is 2. The van der Waals surface area contributed by atoms with Gasteiger partial charge in [0.1, 0.15) is 12.4 Å². The van der Waals surface area contributed by atoms with Crippen molar-refractivity contribution >= 4 is 46.4 Å². The first kappa shape index (κ1) is 20.2. The molecule has 0 saturated heterocycles. The van der Waals surface area contributed by atoms with E-state index in [2.05, 4.69) is 11.9 Å². The van der Waals surface area contributed by atoms with E-state index in [0.29, 0.717) is 33.7 Å². The molecule has 0 bridgehead atoms. The lowest BCUT2D eigenvalue weighted by Crippen LogP contribution is -2.42. The predicted molar refractivity (Wildman–Crippen MR) is 113 cm³/mol. The molecule has 5 nitrogen and oxygen atoms in total. The second-order valence-electron chi connectivity index (χ2n) is 7.14. The van der Waals surface area contributed by atoms with Crippen molar-refractivity contribution in [3.8, 4) is 5.75 Å². The van der Waals surface area contributed by atoms with Crippen LogP contribution >= 0.6 is 23.2 Å². The lowest BCUT2D eigenvalue weighted by Gasteiger charge is -2.27. The summed E-state index contributed by atoms with van der Waals surface area (Å²) in [4.78, 5) is 27.0. The van der Waals surface area contributed by atoms with Crippen molar-refractivity contribution in [3.63, 3.8) is 0 Å². The van der Waals surface area contributed by atoms with Gasteiger partial charge < -0.3 is 15.0 Å². The zero-order chi connectivity index (χ0) is 20.5. The number of halogens is 2. The minimum absolute atomic E-state index is 0.0476. The van der Waals surface area contributed by atoms with Gasteiger partial charge in [-0.2, -0.15) is 0 Å². The fourth-order valence-corrected chi connectivity index (χ4v) is 3.28. The van der Waals surface area contributed by atoms with Crippen LogP contribution in [0.4, 0.5) is 11.4 Å². The van der Waals surface area contributed by atoms with Crippen LogP contribution in [0.25, 0.3) is 0 Å². The monoisotopic (exact) mass is 418 g/mol. The largest absolute Gasteiger partial charge is 0.490 e. The summed E-state index contributed by atoms with van der Waals surface area (Å²) in [7, 11) is 0. The second kappa shape index (κ2) is 7.86. The van der Waals surface area contributed by atoms with Gasteiger partial charge in [-0.3, -0.25) is 9.59 Å². The van der Waals surface area contributed by atoms with Crippen LogP contribution in [0.5, 0.6) is 5.75 Å². The van der Waals surface area contributed by atoms with Gasteiger partial charge in [-0.1, -0.05) is 29.3 Å². The molecule has 1 heterocycles. The third kappa shape index (κ3) is 4.01. The summed E-state index contributed by atoms with van der Waals surface area (Å²) in [5.41, 5.74) is 0.745. The summed E-state index contributed by atoms with van der Waals surface area (Å²) in [6.45, 7) is 7.99. The molecule has 2 amide bonds. The Labute approximate surface area is 173 Å². The first-order valence-electron chi connectivity index (χ1n) is 8.69. The molecule has 0 atom stereocenters. The van der Waals surface area contributed by atoms with Gasteiger partial charge in [0.15, 0.2) is 0 Å². The Morgan fingerprint density at radius 1 is 1.29 bits per heavy atom. The molecule has 2 aromatic rings. The molecule has 0 unspecified atom stereocenters. The fourth-order valence-electron chi connectivity index (χ4n) is 2.91. The summed E-state index contributed by atoms with van der Waals surface area (Å²) in [5.74, 6) is 0.0739. The fraction of sp³-hybridized carbons (Fsp3) is 0.238. The zero-order valence-corrected chi connectivity index (χ0v) is 17.1. The van der Waals surface area contributed by atoms with Gasteiger partial charge in [0.2, 0.25) is 5.91 Å². The van der Waals surface area contributed by atoms with Gasteiger partial charge in [-0.15, -0.1) is 6.58 Å². The smallest absolute Gasteiger partial charge is 0.257 e. The summed E-state index contributed by atoms with van der Waals surface area (Å²) >= 11 is 12.1. The summed E-state index contributed by atoms with van der Waals surface area (Å²) in [6.07, 6.45) is 1.67. The van der Waals surface area contributed by atoms with Crippen molar-refractivity contribution in [1.29, 1.82) is 0 Å². The minimum atomic E-state index is -0.681. The van der Waals surface area contributed by atoms with Crippen LogP contribution < -0.4 is 15.0 Å². The molecule has 1 N–H and O–H groups in total. The molecule has 0 radical (unpaired) electrons. The first-order valence-corrected chi connectivity index (χ1v) is 9.44. The third-order valence-electron chi connectivity index (χ3n) is 4.41. The molecule has 0 spiro atoms. The average Bonchev–Trinajstić information content (AvgIpc) is 2.74. The standard InChI is InChI=1S/C21H20Cl2N2O3/c1-4-9-25-17-8-6-14(11-18(17)28-12-21(2,3)20(25)27)24-19(26)15-10-13(22)5-7-16(15)23/h4-8,10-11H,1,9,12H2,2-3H3,(H,24,26). The number of benzene rings is 2. The van der Waals surface area contributed by atoms with Gasteiger partial charge in [0.05, 0.1) is 21.7 Å². The van der Waals surface area contributed by atoms with Crippen molar-refractivity contribution < 1.29 is 14.3 Å². The molecule has 2 aromatic carbocycles. The van der Waals surface area contributed by atoms with Gasteiger partial charge >= 0.3 is 0 Å². The van der Waals surface area contributed by atoms with Crippen molar-refractivity contribution in [2.75, 3.05) is 23.4 Å². The predicted octanol–water partition coefficient (Wildman–Crippen LogP) is 5.18. The van der Waals surface area contributed by atoms with Crippen LogP contribution in [0, 0.1) is 5.41 Å². The van der Waals surface area contributed by atoms with Gasteiger partial charge in [0.25, 0.3) is 5.91 Å². The maximum Gasteiger partial charge on any atom is 0.257 e. The van der Waals surface area contributed by atoms with E-state index in [9.17, 15) is 9.59 Å². The van der Waals surface area contributed by atoms with Crippen molar-refractivity contribution in [3.05, 3.63) is 64.7 Å². The Balaban J connectivity index is 1.92.